The van der Waals surface area contributed by atoms with Gasteiger partial charge in [-0.2, -0.15) is 0 Å². The van der Waals surface area contributed by atoms with Gasteiger partial charge in [0, 0.05) is 41.9 Å². The Kier molecular flexibility index (Phi) is 16.2. The van der Waals surface area contributed by atoms with Crippen LogP contribution in [0.4, 0.5) is 5.13 Å². The molecule has 1 unspecified atom stereocenters. The molecule has 7 aromatic rings. The van der Waals surface area contributed by atoms with Gasteiger partial charge in [-0.1, -0.05) is 163 Å². The molecular formula is C54H47IN6O7S2. The monoisotopic (exact) mass is 1080 g/mol. The Hall–Kier alpha value is -7.15. The molecule has 0 bridgehead atoms. The first-order valence-corrected chi connectivity index (χ1v) is 24.2. The summed E-state index contributed by atoms with van der Waals surface area (Å²) in [6, 6.07) is 53.3. The number of thiazole rings is 1. The summed E-state index contributed by atoms with van der Waals surface area (Å²) >= 11 is 2.61. The molecule has 2 aromatic heterocycles. The fourth-order valence-corrected chi connectivity index (χ4v) is 10.4. The number of oxime groups is 1. The maximum atomic E-state index is 14.6. The van der Waals surface area contributed by atoms with Gasteiger partial charge < -0.3 is 24.9 Å². The zero-order chi connectivity index (χ0) is 47.6. The molecular weight excluding hydrogens is 1040 g/mol. The van der Waals surface area contributed by atoms with E-state index in [0.29, 0.717) is 17.1 Å². The molecule has 354 valence electrons. The standard InChI is InChI=1S/C54H46N6O7S2.HI/c1-36(61)65-33-39-34-68-51-46(50(63)60(51)47(39)52(64)67-48(37-19-7-2-8-20-37)38-21-9-3-10-22-38)57-49(62)45(59-66-32-30-43-29-17-18-31-55-43)44-35-69-53(56-44)58-54(40-23-11-4-12-24-40,41-25-13-5-14-26-41)42-27-15-6-16-28-42;/h2-29,31,35,46,48,51H,30,32-34H2,1H3,(H,56,58)(H,57,62);1H/t46?,51-;/m1./s1. The van der Waals surface area contributed by atoms with Crippen LogP contribution in [0.2, 0.25) is 0 Å². The second kappa shape index (κ2) is 23.0. The van der Waals surface area contributed by atoms with Crippen LogP contribution in [0, 0.1) is 0 Å². The number of aromatic nitrogens is 2. The van der Waals surface area contributed by atoms with Gasteiger partial charge in [-0.15, -0.1) is 47.1 Å². The fourth-order valence-electron chi connectivity index (χ4n) is 8.32. The minimum Gasteiger partial charge on any atom is -0.461 e. The molecule has 2 N–H and O–H groups in total. The number of anilines is 1. The molecule has 13 nitrogen and oxygen atoms in total. The number of nitrogens with one attached hydrogen (secondary N) is 2. The van der Waals surface area contributed by atoms with Crippen LogP contribution in [-0.4, -0.2) is 74.7 Å². The zero-order valence-corrected chi connectivity index (χ0v) is 41.7. The van der Waals surface area contributed by atoms with Gasteiger partial charge in [0.25, 0.3) is 11.8 Å². The number of hydrogen-bond donors (Lipinski definition) is 2. The molecule has 0 saturated carbocycles. The van der Waals surface area contributed by atoms with Crippen molar-refractivity contribution in [1.82, 2.24) is 20.2 Å². The maximum absolute atomic E-state index is 14.6. The average molecular weight is 1080 g/mol. The molecule has 5 aromatic carbocycles. The summed E-state index contributed by atoms with van der Waals surface area (Å²) in [5.41, 5.74) is 4.64. The van der Waals surface area contributed by atoms with E-state index < -0.39 is 46.8 Å². The Morgan fingerprint density at radius 3 is 1.89 bits per heavy atom. The van der Waals surface area contributed by atoms with Crippen LogP contribution in [0.15, 0.2) is 198 Å². The Morgan fingerprint density at radius 2 is 1.34 bits per heavy atom. The van der Waals surface area contributed by atoms with Crippen molar-refractivity contribution in [3.05, 3.63) is 232 Å². The Bertz CT molecular complexity index is 2830. The van der Waals surface area contributed by atoms with Crippen LogP contribution in [0.3, 0.4) is 0 Å². The second-order valence-corrected chi connectivity index (χ2v) is 18.0. The lowest BCUT2D eigenvalue weighted by Gasteiger charge is -2.49. The van der Waals surface area contributed by atoms with E-state index in [1.807, 2.05) is 133 Å². The molecule has 2 atom stereocenters. The van der Waals surface area contributed by atoms with E-state index in [-0.39, 0.29) is 60.0 Å². The van der Waals surface area contributed by atoms with Crippen LogP contribution in [0.5, 0.6) is 0 Å². The number of carbonyl (C=O) groups is 4. The SMILES string of the molecule is CC(=O)OCC1=C(C(=O)OC(c2ccccc2)c2ccccc2)N2C(=O)C(NC(=O)C(=NOCCc3ccccn3)c3csc(NC(c4ccccc4)(c4ccccc4)c4ccccc4)n3)[C@H]2SC1.I. The highest BCUT2D eigenvalue weighted by Gasteiger charge is 2.55. The summed E-state index contributed by atoms with van der Waals surface area (Å²) in [5.74, 6) is -2.38. The normalized spacial score (nSPS) is 15.5. The highest BCUT2D eigenvalue weighted by atomic mass is 127. The number of fused-ring (bicyclic) bond motifs is 1. The number of nitrogens with zero attached hydrogens (tertiary/aromatic N) is 4. The first kappa shape index (κ1) is 49.3. The van der Waals surface area contributed by atoms with E-state index in [9.17, 15) is 19.2 Å². The number of benzene rings is 5. The molecule has 1 saturated heterocycles. The summed E-state index contributed by atoms with van der Waals surface area (Å²) in [6.45, 7) is 1.15. The summed E-state index contributed by atoms with van der Waals surface area (Å²) in [7, 11) is 0. The first-order chi connectivity index (χ1) is 33.8. The Morgan fingerprint density at radius 1 is 0.786 bits per heavy atom. The largest absolute Gasteiger partial charge is 0.461 e. The van der Waals surface area contributed by atoms with Crippen LogP contribution in [0.1, 0.15) is 52.2 Å². The number of amides is 2. The van der Waals surface area contributed by atoms with E-state index in [2.05, 4.69) is 57.2 Å². The molecule has 2 aliphatic rings. The Balaban J connectivity index is 0.00000659. The number of ether oxygens (including phenoxy) is 2. The van der Waals surface area contributed by atoms with Gasteiger partial charge >= 0.3 is 11.9 Å². The molecule has 0 radical (unpaired) electrons. The van der Waals surface area contributed by atoms with Crippen LogP contribution in [0.25, 0.3) is 0 Å². The number of β-lactam (4-membered cyclic amide) rings is 1. The number of pyridine rings is 1. The number of carbonyl (C=O) groups excluding carboxylic acids is 4. The lowest BCUT2D eigenvalue weighted by Crippen LogP contribution is -2.71. The lowest BCUT2D eigenvalue weighted by molar-refractivity contribution is -0.154. The van der Waals surface area contributed by atoms with Crippen LogP contribution >= 0.6 is 47.1 Å². The molecule has 9 rings (SSSR count). The molecule has 70 heavy (non-hydrogen) atoms. The summed E-state index contributed by atoms with van der Waals surface area (Å²) in [5, 5.41) is 12.5. The topological polar surface area (TPSA) is 161 Å². The number of halogens is 1. The van der Waals surface area contributed by atoms with Crippen molar-refractivity contribution in [2.24, 2.45) is 5.16 Å². The average Bonchev–Trinajstić information content (AvgIpc) is 3.87. The first-order valence-electron chi connectivity index (χ1n) is 22.2. The molecule has 0 aliphatic carbocycles. The van der Waals surface area contributed by atoms with Gasteiger partial charge in [-0.25, -0.2) is 9.78 Å². The van der Waals surface area contributed by atoms with E-state index in [4.69, 9.17) is 19.3 Å². The number of thioether (sulfide) groups is 1. The quantitative estimate of drug-likeness (QED) is 0.0161. The van der Waals surface area contributed by atoms with Gasteiger partial charge in [0.2, 0.25) is 0 Å². The third-order valence-corrected chi connectivity index (χ3v) is 13.7. The predicted molar refractivity (Wildman–Crippen MR) is 280 cm³/mol. The van der Waals surface area contributed by atoms with Gasteiger partial charge in [-0.3, -0.25) is 24.3 Å². The molecule has 0 spiro atoms. The highest BCUT2D eigenvalue weighted by molar-refractivity contribution is 14.0. The van der Waals surface area contributed by atoms with Gasteiger partial charge in [-0.05, 0) is 39.9 Å². The summed E-state index contributed by atoms with van der Waals surface area (Å²) in [4.78, 5) is 71.8. The minimum atomic E-state index is -1.07. The summed E-state index contributed by atoms with van der Waals surface area (Å²) < 4.78 is 11.6. The van der Waals surface area contributed by atoms with E-state index in [0.717, 1.165) is 33.5 Å². The third kappa shape index (κ3) is 10.8. The third-order valence-electron chi connectivity index (χ3n) is 11.6. The van der Waals surface area contributed by atoms with Crippen molar-refractivity contribution in [2.75, 3.05) is 24.3 Å². The van der Waals surface area contributed by atoms with Gasteiger partial charge in [0.05, 0.1) is 0 Å². The zero-order valence-electron chi connectivity index (χ0n) is 37.8. The molecule has 2 amide bonds. The number of hydrogen-bond acceptors (Lipinski definition) is 13. The van der Waals surface area contributed by atoms with Crippen molar-refractivity contribution in [3.8, 4) is 0 Å². The lowest BCUT2D eigenvalue weighted by atomic mass is 9.77. The van der Waals surface area contributed by atoms with E-state index in [1.165, 1.54) is 34.9 Å². The minimum absolute atomic E-state index is 0. The van der Waals surface area contributed by atoms with Gasteiger partial charge in [0.15, 0.2) is 16.9 Å². The van der Waals surface area contributed by atoms with Crippen molar-refractivity contribution in [1.29, 1.82) is 0 Å². The van der Waals surface area contributed by atoms with Crippen molar-refractivity contribution >= 4 is 81.7 Å². The maximum Gasteiger partial charge on any atom is 0.356 e. The van der Waals surface area contributed by atoms with E-state index in [1.54, 1.807) is 11.6 Å². The second-order valence-electron chi connectivity index (χ2n) is 16.1. The molecule has 16 heteroatoms. The van der Waals surface area contributed by atoms with Crippen LogP contribution in [-0.2, 0) is 45.4 Å². The number of esters is 2. The smallest absolute Gasteiger partial charge is 0.356 e. The molecule has 2 aliphatic heterocycles. The van der Waals surface area contributed by atoms with Crippen molar-refractivity contribution < 1.29 is 33.5 Å². The Labute approximate surface area is 430 Å². The van der Waals surface area contributed by atoms with Gasteiger partial charge in [0.1, 0.15) is 41.6 Å². The highest BCUT2D eigenvalue weighted by Crippen LogP contribution is 2.43. The molecule has 4 heterocycles. The fraction of sp³-hybridized carbons (Fsp3) is 0.167. The van der Waals surface area contributed by atoms with Crippen molar-refractivity contribution in [2.45, 2.75) is 36.4 Å². The molecule has 1 fully saturated rings. The number of rotatable bonds is 18. The van der Waals surface area contributed by atoms with E-state index >= 15 is 0 Å². The summed E-state index contributed by atoms with van der Waals surface area (Å²) in [6.07, 6.45) is 1.30. The van der Waals surface area contributed by atoms with Crippen LogP contribution < -0.4 is 10.6 Å². The predicted octanol–water partition coefficient (Wildman–Crippen LogP) is 9.07. The van der Waals surface area contributed by atoms with Crippen molar-refractivity contribution in [3.63, 3.8) is 0 Å².